The minimum atomic E-state index is -1.06. The maximum absolute atomic E-state index is 12.9. The highest BCUT2D eigenvalue weighted by atomic mass is 19.1. The summed E-state index contributed by atoms with van der Waals surface area (Å²) in [6.45, 7) is 1.33. The summed E-state index contributed by atoms with van der Waals surface area (Å²) in [5.74, 6) is -1.44. The van der Waals surface area contributed by atoms with Crippen molar-refractivity contribution in [3.8, 4) is 6.07 Å². The predicted molar refractivity (Wildman–Crippen MR) is 51.0 cm³/mol. The van der Waals surface area contributed by atoms with E-state index in [2.05, 4.69) is 0 Å². The Hall–Kier alpha value is -1.47. The normalized spacial score (nSPS) is 14.3. The molecule has 4 heteroatoms. The second kappa shape index (κ2) is 4.37. The SMILES string of the molecule is CC(C#N)(CCO)c1cc(F)cc(F)c1. The lowest BCUT2D eigenvalue weighted by Gasteiger charge is -2.20. The lowest BCUT2D eigenvalue weighted by Crippen LogP contribution is -2.21. The number of halogens is 2. The van der Waals surface area contributed by atoms with E-state index in [4.69, 9.17) is 10.4 Å². The highest BCUT2D eigenvalue weighted by molar-refractivity contribution is 5.32. The number of hydrogen-bond acceptors (Lipinski definition) is 2. The van der Waals surface area contributed by atoms with Crippen molar-refractivity contribution in [2.45, 2.75) is 18.8 Å². The zero-order valence-corrected chi connectivity index (χ0v) is 8.30. The molecule has 0 aliphatic carbocycles. The molecule has 1 aromatic rings. The van der Waals surface area contributed by atoms with Crippen molar-refractivity contribution in [3.63, 3.8) is 0 Å². The van der Waals surface area contributed by atoms with E-state index in [1.165, 1.54) is 6.92 Å². The number of nitriles is 1. The lowest BCUT2D eigenvalue weighted by atomic mass is 9.81. The van der Waals surface area contributed by atoms with Gasteiger partial charge in [0.05, 0.1) is 11.5 Å². The first-order valence-electron chi connectivity index (χ1n) is 4.50. The number of nitrogens with zero attached hydrogens (tertiary/aromatic N) is 1. The van der Waals surface area contributed by atoms with Gasteiger partial charge >= 0.3 is 0 Å². The first kappa shape index (κ1) is 11.6. The second-order valence-electron chi connectivity index (χ2n) is 3.58. The average Bonchev–Trinajstić information content (AvgIpc) is 2.16. The number of hydrogen-bond donors (Lipinski definition) is 1. The van der Waals surface area contributed by atoms with E-state index in [-0.39, 0.29) is 18.6 Å². The van der Waals surface area contributed by atoms with Gasteiger partial charge in [-0.3, -0.25) is 0 Å². The Kier molecular flexibility index (Phi) is 3.38. The summed E-state index contributed by atoms with van der Waals surface area (Å²) in [5, 5.41) is 17.7. The van der Waals surface area contributed by atoms with Gasteiger partial charge < -0.3 is 5.11 Å². The minimum Gasteiger partial charge on any atom is -0.396 e. The van der Waals surface area contributed by atoms with Crippen LogP contribution in [0.5, 0.6) is 0 Å². The maximum atomic E-state index is 12.9. The molecule has 0 radical (unpaired) electrons. The zero-order valence-electron chi connectivity index (χ0n) is 8.30. The molecule has 80 valence electrons. The van der Waals surface area contributed by atoms with Crippen LogP contribution in [0.2, 0.25) is 0 Å². The van der Waals surface area contributed by atoms with Gasteiger partial charge in [-0.15, -0.1) is 0 Å². The Balaban J connectivity index is 3.19. The monoisotopic (exact) mass is 211 g/mol. The van der Waals surface area contributed by atoms with Gasteiger partial charge in [0, 0.05) is 12.7 Å². The van der Waals surface area contributed by atoms with Crippen molar-refractivity contribution >= 4 is 0 Å². The standard InChI is InChI=1S/C11H11F2NO/c1-11(7-14,2-3-15)8-4-9(12)6-10(13)5-8/h4-6,15H,2-3H2,1H3. The number of rotatable bonds is 3. The molecule has 0 fully saturated rings. The van der Waals surface area contributed by atoms with E-state index in [0.717, 1.165) is 18.2 Å². The van der Waals surface area contributed by atoms with Crippen LogP contribution in [0, 0.1) is 23.0 Å². The summed E-state index contributed by atoms with van der Waals surface area (Å²) in [7, 11) is 0. The largest absolute Gasteiger partial charge is 0.396 e. The first-order chi connectivity index (χ1) is 7.01. The van der Waals surface area contributed by atoms with Gasteiger partial charge in [-0.2, -0.15) is 5.26 Å². The third kappa shape index (κ3) is 2.51. The molecular formula is C11H11F2NO. The highest BCUT2D eigenvalue weighted by Gasteiger charge is 2.26. The molecule has 0 aromatic heterocycles. The fourth-order valence-electron chi connectivity index (χ4n) is 1.36. The topological polar surface area (TPSA) is 44.0 Å². The van der Waals surface area contributed by atoms with E-state index in [1.807, 2.05) is 6.07 Å². The molecule has 0 saturated heterocycles. The molecule has 1 atom stereocenters. The first-order valence-corrected chi connectivity index (χ1v) is 4.50. The summed E-state index contributed by atoms with van der Waals surface area (Å²) in [5.41, 5.74) is -0.811. The Morgan fingerprint density at radius 1 is 1.33 bits per heavy atom. The Labute approximate surface area is 86.8 Å². The van der Waals surface area contributed by atoms with Gasteiger partial charge in [0.25, 0.3) is 0 Å². The minimum absolute atomic E-state index is 0.145. The number of aliphatic hydroxyl groups is 1. The predicted octanol–water partition coefficient (Wildman–Crippen LogP) is 2.13. The quantitative estimate of drug-likeness (QED) is 0.832. The highest BCUT2D eigenvalue weighted by Crippen LogP contribution is 2.27. The third-order valence-corrected chi connectivity index (χ3v) is 2.36. The summed E-state index contributed by atoms with van der Waals surface area (Å²) in [6.07, 6.45) is 0.145. The Morgan fingerprint density at radius 3 is 2.27 bits per heavy atom. The van der Waals surface area contributed by atoms with Crippen molar-refractivity contribution in [2.24, 2.45) is 0 Å². The summed E-state index contributed by atoms with van der Waals surface area (Å²) in [6, 6.07) is 4.93. The fourth-order valence-corrected chi connectivity index (χ4v) is 1.36. The molecule has 1 N–H and O–H groups in total. The van der Waals surface area contributed by atoms with E-state index >= 15 is 0 Å². The van der Waals surface area contributed by atoms with Crippen molar-refractivity contribution < 1.29 is 13.9 Å². The van der Waals surface area contributed by atoms with Gasteiger partial charge in [0.1, 0.15) is 11.6 Å². The molecule has 0 bridgehead atoms. The van der Waals surface area contributed by atoms with Crippen LogP contribution in [0.15, 0.2) is 18.2 Å². The number of aliphatic hydroxyl groups excluding tert-OH is 1. The van der Waals surface area contributed by atoms with Crippen molar-refractivity contribution in [1.29, 1.82) is 5.26 Å². The van der Waals surface area contributed by atoms with Crippen LogP contribution in [0.4, 0.5) is 8.78 Å². The van der Waals surface area contributed by atoms with E-state index < -0.39 is 17.0 Å². The molecule has 0 heterocycles. The molecule has 2 nitrogen and oxygen atoms in total. The van der Waals surface area contributed by atoms with Crippen LogP contribution in [0.1, 0.15) is 18.9 Å². The molecule has 0 aliphatic heterocycles. The van der Waals surface area contributed by atoms with Crippen molar-refractivity contribution in [2.75, 3.05) is 6.61 Å². The molecular weight excluding hydrogens is 200 g/mol. The van der Waals surface area contributed by atoms with E-state index in [0.29, 0.717) is 0 Å². The molecule has 0 spiro atoms. The second-order valence-corrected chi connectivity index (χ2v) is 3.58. The summed E-state index contributed by atoms with van der Waals surface area (Å²) >= 11 is 0. The van der Waals surface area contributed by atoms with E-state index in [1.54, 1.807) is 0 Å². The molecule has 1 rings (SSSR count). The van der Waals surface area contributed by atoms with Gasteiger partial charge in [-0.1, -0.05) is 0 Å². The summed E-state index contributed by atoms with van der Waals surface area (Å²) in [4.78, 5) is 0. The Bertz CT molecular complexity index is 380. The van der Waals surface area contributed by atoms with Gasteiger partial charge in [-0.25, -0.2) is 8.78 Å². The van der Waals surface area contributed by atoms with Crippen LogP contribution in [0.25, 0.3) is 0 Å². The Morgan fingerprint density at radius 2 is 1.87 bits per heavy atom. The third-order valence-electron chi connectivity index (χ3n) is 2.36. The summed E-state index contributed by atoms with van der Waals surface area (Å²) < 4.78 is 25.8. The van der Waals surface area contributed by atoms with Crippen LogP contribution in [-0.2, 0) is 5.41 Å². The molecule has 1 aromatic carbocycles. The molecule has 0 saturated carbocycles. The van der Waals surface area contributed by atoms with Gasteiger partial charge in [0.2, 0.25) is 0 Å². The van der Waals surface area contributed by atoms with Gasteiger partial charge in [0.15, 0.2) is 0 Å². The zero-order chi connectivity index (χ0) is 11.5. The molecule has 1 unspecified atom stereocenters. The lowest BCUT2D eigenvalue weighted by molar-refractivity contribution is 0.263. The van der Waals surface area contributed by atoms with Crippen LogP contribution >= 0.6 is 0 Å². The number of benzene rings is 1. The van der Waals surface area contributed by atoms with Crippen molar-refractivity contribution in [3.05, 3.63) is 35.4 Å². The van der Waals surface area contributed by atoms with Gasteiger partial charge in [-0.05, 0) is 31.0 Å². The van der Waals surface area contributed by atoms with Crippen LogP contribution < -0.4 is 0 Å². The van der Waals surface area contributed by atoms with Crippen LogP contribution in [0.3, 0.4) is 0 Å². The molecule has 0 amide bonds. The smallest absolute Gasteiger partial charge is 0.126 e. The maximum Gasteiger partial charge on any atom is 0.126 e. The average molecular weight is 211 g/mol. The van der Waals surface area contributed by atoms with Crippen molar-refractivity contribution in [1.82, 2.24) is 0 Å². The van der Waals surface area contributed by atoms with E-state index in [9.17, 15) is 8.78 Å². The van der Waals surface area contributed by atoms with Crippen LogP contribution in [-0.4, -0.2) is 11.7 Å². The fraction of sp³-hybridized carbons (Fsp3) is 0.364. The molecule has 0 aliphatic rings. The molecule has 15 heavy (non-hydrogen) atoms.